The third-order valence-corrected chi connectivity index (χ3v) is 3.36. The van der Waals surface area contributed by atoms with Crippen LogP contribution in [0.3, 0.4) is 0 Å². The summed E-state index contributed by atoms with van der Waals surface area (Å²) in [6.45, 7) is 9.39. The van der Waals surface area contributed by atoms with Crippen LogP contribution in [0.4, 0.5) is 0 Å². The van der Waals surface area contributed by atoms with E-state index in [4.69, 9.17) is 4.74 Å². The lowest BCUT2D eigenvalue weighted by Gasteiger charge is -2.39. The minimum absolute atomic E-state index is 0.0752. The SMILES string of the molecule is CCOC(=O)C1(NCC(C)C)CCN(C)CC1. The van der Waals surface area contributed by atoms with Crippen LogP contribution in [-0.2, 0) is 9.53 Å². The molecule has 0 unspecified atom stereocenters. The van der Waals surface area contributed by atoms with E-state index in [0.29, 0.717) is 12.5 Å². The monoisotopic (exact) mass is 242 g/mol. The fraction of sp³-hybridized carbons (Fsp3) is 0.923. The van der Waals surface area contributed by atoms with E-state index in [9.17, 15) is 4.79 Å². The highest BCUT2D eigenvalue weighted by Crippen LogP contribution is 2.23. The van der Waals surface area contributed by atoms with Crippen LogP contribution >= 0.6 is 0 Å². The van der Waals surface area contributed by atoms with E-state index in [2.05, 4.69) is 31.1 Å². The number of hydrogen-bond acceptors (Lipinski definition) is 4. The van der Waals surface area contributed by atoms with Gasteiger partial charge in [0.25, 0.3) is 0 Å². The van der Waals surface area contributed by atoms with E-state index in [-0.39, 0.29) is 5.97 Å². The summed E-state index contributed by atoms with van der Waals surface area (Å²) in [5.41, 5.74) is -0.452. The van der Waals surface area contributed by atoms with E-state index < -0.39 is 5.54 Å². The first-order chi connectivity index (χ1) is 8.00. The van der Waals surface area contributed by atoms with Crippen molar-refractivity contribution in [1.29, 1.82) is 0 Å². The first kappa shape index (κ1) is 14.5. The molecule has 1 saturated heterocycles. The average molecular weight is 242 g/mol. The maximum atomic E-state index is 12.1. The zero-order valence-electron chi connectivity index (χ0n) is 11.6. The molecule has 0 aromatic heterocycles. The minimum Gasteiger partial charge on any atom is -0.465 e. The Morgan fingerprint density at radius 1 is 1.41 bits per heavy atom. The van der Waals surface area contributed by atoms with Crippen molar-refractivity contribution in [1.82, 2.24) is 10.2 Å². The molecule has 0 saturated carbocycles. The first-order valence-electron chi connectivity index (χ1n) is 6.61. The van der Waals surface area contributed by atoms with Gasteiger partial charge in [0.2, 0.25) is 0 Å². The number of ether oxygens (including phenoxy) is 1. The number of nitrogens with zero attached hydrogens (tertiary/aromatic N) is 1. The first-order valence-corrected chi connectivity index (χ1v) is 6.61. The van der Waals surface area contributed by atoms with Gasteiger partial charge in [0.15, 0.2) is 0 Å². The number of nitrogens with one attached hydrogen (secondary N) is 1. The molecule has 4 heteroatoms. The number of carbonyl (C=O) groups excluding carboxylic acids is 1. The van der Waals surface area contributed by atoms with Gasteiger partial charge in [-0.05, 0) is 39.3 Å². The standard InChI is InChI=1S/C13H26N2O2/c1-5-17-12(16)13(14-10-11(2)3)6-8-15(4)9-7-13/h11,14H,5-10H2,1-4H3. The zero-order chi connectivity index (χ0) is 12.9. The Bertz CT molecular complexity index is 246. The van der Waals surface area contributed by atoms with Gasteiger partial charge in [0, 0.05) is 13.1 Å². The minimum atomic E-state index is -0.452. The summed E-state index contributed by atoms with van der Waals surface area (Å²) in [6, 6.07) is 0. The largest absolute Gasteiger partial charge is 0.465 e. The van der Waals surface area contributed by atoms with Crippen molar-refractivity contribution in [3.63, 3.8) is 0 Å². The van der Waals surface area contributed by atoms with Crippen LogP contribution < -0.4 is 5.32 Å². The molecule has 0 aliphatic carbocycles. The Hall–Kier alpha value is -0.610. The molecule has 0 bridgehead atoms. The molecule has 4 nitrogen and oxygen atoms in total. The average Bonchev–Trinajstić information content (AvgIpc) is 2.29. The maximum absolute atomic E-state index is 12.1. The molecule has 0 radical (unpaired) electrons. The third kappa shape index (κ3) is 3.96. The maximum Gasteiger partial charge on any atom is 0.326 e. The Kier molecular flexibility index (Phi) is 5.40. The van der Waals surface area contributed by atoms with Gasteiger partial charge >= 0.3 is 5.97 Å². The molecule has 0 amide bonds. The summed E-state index contributed by atoms with van der Waals surface area (Å²) in [7, 11) is 2.09. The second-order valence-electron chi connectivity index (χ2n) is 5.38. The molecule has 1 N–H and O–H groups in total. The van der Waals surface area contributed by atoms with Crippen molar-refractivity contribution in [3.8, 4) is 0 Å². The number of rotatable bonds is 5. The Morgan fingerprint density at radius 3 is 2.47 bits per heavy atom. The summed E-state index contributed by atoms with van der Waals surface area (Å²) >= 11 is 0. The van der Waals surface area contributed by atoms with E-state index in [0.717, 1.165) is 32.5 Å². The van der Waals surface area contributed by atoms with Gasteiger partial charge in [-0.2, -0.15) is 0 Å². The van der Waals surface area contributed by atoms with Crippen LogP contribution in [0, 0.1) is 5.92 Å². The highest BCUT2D eigenvalue weighted by molar-refractivity contribution is 5.81. The molecular formula is C13H26N2O2. The summed E-state index contributed by atoms with van der Waals surface area (Å²) < 4.78 is 5.23. The van der Waals surface area contributed by atoms with Gasteiger partial charge in [-0.25, -0.2) is 0 Å². The normalized spacial score (nSPS) is 20.5. The Labute approximate surface area is 105 Å². The van der Waals surface area contributed by atoms with Gasteiger partial charge in [-0.3, -0.25) is 4.79 Å². The molecule has 1 aliphatic rings. The molecule has 1 heterocycles. The second kappa shape index (κ2) is 6.36. The molecule has 0 atom stereocenters. The van der Waals surface area contributed by atoms with Crippen molar-refractivity contribution in [2.45, 2.75) is 39.2 Å². The fourth-order valence-electron chi connectivity index (χ4n) is 2.12. The van der Waals surface area contributed by atoms with E-state index in [1.165, 1.54) is 0 Å². The van der Waals surface area contributed by atoms with Crippen molar-refractivity contribution in [2.24, 2.45) is 5.92 Å². The fourth-order valence-corrected chi connectivity index (χ4v) is 2.12. The second-order valence-corrected chi connectivity index (χ2v) is 5.38. The molecule has 0 spiro atoms. The lowest BCUT2D eigenvalue weighted by molar-refractivity contribution is -0.153. The van der Waals surface area contributed by atoms with Crippen LogP contribution in [0.25, 0.3) is 0 Å². The van der Waals surface area contributed by atoms with Gasteiger partial charge in [0.05, 0.1) is 6.61 Å². The quantitative estimate of drug-likeness (QED) is 0.737. The highest BCUT2D eigenvalue weighted by atomic mass is 16.5. The van der Waals surface area contributed by atoms with Crippen LogP contribution in [0.2, 0.25) is 0 Å². The smallest absolute Gasteiger partial charge is 0.326 e. The van der Waals surface area contributed by atoms with Crippen LogP contribution in [0.5, 0.6) is 0 Å². The molecule has 17 heavy (non-hydrogen) atoms. The van der Waals surface area contributed by atoms with Crippen LogP contribution in [0.15, 0.2) is 0 Å². The summed E-state index contributed by atoms with van der Waals surface area (Å²) in [5, 5.41) is 3.44. The van der Waals surface area contributed by atoms with E-state index in [1.807, 2.05) is 6.92 Å². The van der Waals surface area contributed by atoms with Crippen molar-refractivity contribution < 1.29 is 9.53 Å². The van der Waals surface area contributed by atoms with Crippen LogP contribution in [0.1, 0.15) is 33.6 Å². The predicted molar refractivity (Wildman–Crippen MR) is 68.9 cm³/mol. The van der Waals surface area contributed by atoms with Gasteiger partial charge in [-0.15, -0.1) is 0 Å². The Balaban J connectivity index is 2.66. The van der Waals surface area contributed by atoms with Crippen LogP contribution in [-0.4, -0.2) is 49.7 Å². The van der Waals surface area contributed by atoms with Crippen molar-refractivity contribution in [3.05, 3.63) is 0 Å². The topological polar surface area (TPSA) is 41.6 Å². The third-order valence-electron chi connectivity index (χ3n) is 3.36. The molecular weight excluding hydrogens is 216 g/mol. The molecule has 0 aromatic rings. The lowest BCUT2D eigenvalue weighted by atomic mass is 9.87. The molecule has 1 rings (SSSR count). The van der Waals surface area contributed by atoms with Crippen molar-refractivity contribution >= 4 is 5.97 Å². The van der Waals surface area contributed by atoms with Gasteiger partial charge < -0.3 is 15.0 Å². The number of carbonyl (C=O) groups is 1. The molecule has 100 valence electrons. The lowest BCUT2D eigenvalue weighted by Crippen LogP contribution is -2.59. The number of likely N-dealkylation sites (tertiary alicyclic amines) is 1. The number of piperidine rings is 1. The predicted octanol–water partition coefficient (Wildman–Crippen LogP) is 1.26. The zero-order valence-corrected chi connectivity index (χ0v) is 11.6. The summed E-state index contributed by atoms with van der Waals surface area (Å²) in [5.74, 6) is 0.467. The molecule has 1 aliphatic heterocycles. The highest BCUT2D eigenvalue weighted by Gasteiger charge is 2.41. The number of esters is 1. The van der Waals surface area contributed by atoms with Gasteiger partial charge in [-0.1, -0.05) is 13.8 Å². The van der Waals surface area contributed by atoms with E-state index in [1.54, 1.807) is 0 Å². The number of hydrogen-bond donors (Lipinski definition) is 1. The Morgan fingerprint density at radius 2 is 2.00 bits per heavy atom. The summed E-state index contributed by atoms with van der Waals surface area (Å²) in [6.07, 6.45) is 1.68. The van der Waals surface area contributed by atoms with E-state index >= 15 is 0 Å². The molecule has 0 aromatic carbocycles. The van der Waals surface area contributed by atoms with Crippen molar-refractivity contribution in [2.75, 3.05) is 33.3 Å². The summed E-state index contributed by atoms with van der Waals surface area (Å²) in [4.78, 5) is 14.4. The van der Waals surface area contributed by atoms with Gasteiger partial charge in [0.1, 0.15) is 5.54 Å². The molecule has 1 fully saturated rings.